The van der Waals surface area contributed by atoms with Gasteiger partial charge in [-0.15, -0.1) is 0 Å². The number of allylic oxidation sites excluding steroid dienone is 1. The maximum atomic E-state index is 13.7. The first-order valence-electron chi connectivity index (χ1n) is 10.0. The van der Waals surface area contributed by atoms with Gasteiger partial charge >= 0.3 is 0 Å². The van der Waals surface area contributed by atoms with Crippen LogP contribution in [0.15, 0.2) is 90.8 Å². The van der Waals surface area contributed by atoms with Crippen molar-refractivity contribution in [1.82, 2.24) is 4.90 Å². The molecule has 1 unspecified atom stereocenters. The Morgan fingerprint density at radius 1 is 0.903 bits per heavy atom. The van der Waals surface area contributed by atoms with Crippen molar-refractivity contribution >= 4 is 0 Å². The SMILES string of the molecule is COc1ccccc1C1C=C(Oc2ccccc2C)C=CN1Cc1cc(F)cc(F)c1. The molecular formula is C26H23F2NO2. The summed E-state index contributed by atoms with van der Waals surface area (Å²) in [5, 5.41) is 0. The van der Waals surface area contributed by atoms with Crippen molar-refractivity contribution in [2.45, 2.75) is 19.5 Å². The lowest BCUT2D eigenvalue weighted by Crippen LogP contribution is -2.25. The molecule has 158 valence electrons. The molecule has 0 saturated heterocycles. The molecule has 0 aliphatic carbocycles. The monoisotopic (exact) mass is 419 g/mol. The van der Waals surface area contributed by atoms with Crippen LogP contribution >= 0.6 is 0 Å². The Morgan fingerprint density at radius 2 is 1.58 bits per heavy atom. The van der Waals surface area contributed by atoms with E-state index in [1.165, 1.54) is 12.1 Å². The van der Waals surface area contributed by atoms with Gasteiger partial charge in [0.1, 0.15) is 28.9 Å². The average Bonchev–Trinajstić information content (AvgIpc) is 2.75. The molecule has 1 heterocycles. The normalized spacial score (nSPS) is 15.5. The number of hydrogen-bond acceptors (Lipinski definition) is 3. The highest BCUT2D eigenvalue weighted by Gasteiger charge is 2.24. The minimum absolute atomic E-state index is 0.244. The van der Waals surface area contributed by atoms with Gasteiger partial charge in [0.25, 0.3) is 0 Å². The summed E-state index contributed by atoms with van der Waals surface area (Å²) in [4.78, 5) is 2.00. The fraction of sp³-hybridized carbons (Fsp3) is 0.154. The van der Waals surface area contributed by atoms with Crippen LogP contribution in [0.5, 0.6) is 11.5 Å². The molecular weight excluding hydrogens is 396 g/mol. The molecule has 31 heavy (non-hydrogen) atoms. The number of nitrogens with zero attached hydrogens (tertiary/aromatic N) is 1. The number of para-hydroxylation sites is 2. The maximum absolute atomic E-state index is 13.7. The number of methoxy groups -OCH3 is 1. The number of ether oxygens (including phenoxy) is 2. The highest BCUT2D eigenvalue weighted by atomic mass is 19.1. The average molecular weight is 419 g/mol. The predicted molar refractivity (Wildman–Crippen MR) is 117 cm³/mol. The van der Waals surface area contributed by atoms with Crippen LogP contribution in [0.25, 0.3) is 0 Å². The lowest BCUT2D eigenvalue weighted by molar-refractivity contribution is 0.288. The van der Waals surface area contributed by atoms with Crippen molar-refractivity contribution in [3.05, 3.63) is 119 Å². The van der Waals surface area contributed by atoms with E-state index < -0.39 is 11.6 Å². The van der Waals surface area contributed by atoms with Gasteiger partial charge in [0, 0.05) is 24.4 Å². The van der Waals surface area contributed by atoms with Crippen LogP contribution in [0, 0.1) is 18.6 Å². The number of benzene rings is 3. The van der Waals surface area contributed by atoms with Gasteiger partial charge in [-0.2, -0.15) is 0 Å². The third-order valence-corrected chi connectivity index (χ3v) is 5.18. The Hall–Kier alpha value is -3.60. The fourth-order valence-electron chi connectivity index (χ4n) is 3.68. The molecule has 1 atom stereocenters. The van der Waals surface area contributed by atoms with Crippen LogP contribution < -0.4 is 9.47 Å². The van der Waals surface area contributed by atoms with E-state index in [-0.39, 0.29) is 6.04 Å². The smallest absolute Gasteiger partial charge is 0.130 e. The van der Waals surface area contributed by atoms with Gasteiger partial charge in [-0.05, 0) is 54.5 Å². The lowest BCUT2D eigenvalue weighted by Gasteiger charge is -2.33. The Labute approximate surface area is 180 Å². The van der Waals surface area contributed by atoms with Crippen molar-refractivity contribution < 1.29 is 18.3 Å². The first-order chi connectivity index (χ1) is 15.0. The van der Waals surface area contributed by atoms with Gasteiger partial charge in [-0.1, -0.05) is 36.4 Å². The molecule has 0 radical (unpaired) electrons. The topological polar surface area (TPSA) is 21.7 Å². The van der Waals surface area contributed by atoms with Crippen molar-refractivity contribution in [1.29, 1.82) is 0 Å². The van der Waals surface area contributed by atoms with Crippen LogP contribution in [-0.2, 0) is 6.54 Å². The summed E-state index contributed by atoms with van der Waals surface area (Å²) < 4.78 is 39.2. The molecule has 1 aliphatic heterocycles. The largest absolute Gasteiger partial charge is 0.496 e. The van der Waals surface area contributed by atoms with Crippen molar-refractivity contribution in [3.63, 3.8) is 0 Å². The number of rotatable bonds is 6. The van der Waals surface area contributed by atoms with E-state index in [9.17, 15) is 8.78 Å². The summed E-state index contributed by atoms with van der Waals surface area (Å²) in [6, 6.07) is 18.8. The molecule has 3 aromatic rings. The summed E-state index contributed by atoms with van der Waals surface area (Å²) >= 11 is 0. The van der Waals surface area contributed by atoms with Crippen LogP contribution in [-0.4, -0.2) is 12.0 Å². The lowest BCUT2D eigenvalue weighted by atomic mass is 10.0. The van der Waals surface area contributed by atoms with Gasteiger partial charge in [0.05, 0.1) is 13.2 Å². The van der Waals surface area contributed by atoms with Gasteiger partial charge in [0.2, 0.25) is 0 Å². The van der Waals surface area contributed by atoms with E-state index in [2.05, 4.69) is 0 Å². The second kappa shape index (κ2) is 9.04. The van der Waals surface area contributed by atoms with Gasteiger partial charge in [-0.3, -0.25) is 0 Å². The summed E-state index contributed by atoms with van der Waals surface area (Å²) in [5.74, 6) is 1.00. The summed E-state index contributed by atoms with van der Waals surface area (Å²) in [6.07, 6.45) is 5.72. The van der Waals surface area contributed by atoms with Crippen LogP contribution in [0.4, 0.5) is 8.78 Å². The van der Waals surface area contributed by atoms with E-state index in [4.69, 9.17) is 9.47 Å². The minimum atomic E-state index is -0.594. The molecule has 0 bridgehead atoms. The summed E-state index contributed by atoms with van der Waals surface area (Å²) in [7, 11) is 1.62. The summed E-state index contributed by atoms with van der Waals surface area (Å²) in [5.41, 5.74) is 2.50. The molecule has 4 rings (SSSR count). The van der Waals surface area contributed by atoms with Gasteiger partial charge in [0.15, 0.2) is 0 Å². The highest BCUT2D eigenvalue weighted by molar-refractivity contribution is 5.42. The second-order valence-electron chi connectivity index (χ2n) is 7.39. The maximum Gasteiger partial charge on any atom is 0.130 e. The van der Waals surface area contributed by atoms with Crippen LogP contribution in [0.1, 0.15) is 22.7 Å². The first kappa shape index (κ1) is 20.7. The van der Waals surface area contributed by atoms with Gasteiger partial charge < -0.3 is 14.4 Å². The molecule has 1 aliphatic rings. The number of halogens is 2. The quantitative estimate of drug-likeness (QED) is 0.467. The van der Waals surface area contributed by atoms with E-state index in [1.807, 2.05) is 78.7 Å². The zero-order chi connectivity index (χ0) is 21.8. The molecule has 5 heteroatoms. The second-order valence-corrected chi connectivity index (χ2v) is 7.39. The zero-order valence-electron chi connectivity index (χ0n) is 17.4. The Kier molecular flexibility index (Phi) is 6.03. The Morgan fingerprint density at radius 3 is 2.29 bits per heavy atom. The zero-order valence-corrected chi connectivity index (χ0v) is 17.4. The molecule has 0 amide bonds. The third kappa shape index (κ3) is 4.77. The van der Waals surface area contributed by atoms with E-state index in [0.29, 0.717) is 17.9 Å². The number of aryl methyl sites for hydroxylation is 1. The van der Waals surface area contributed by atoms with E-state index in [0.717, 1.165) is 28.7 Å². The molecule has 0 fully saturated rings. The van der Waals surface area contributed by atoms with Crippen LogP contribution in [0.3, 0.4) is 0 Å². The third-order valence-electron chi connectivity index (χ3n) is 5.18. The first-order valence-corrected chi connectivity index (χ1v) is 10.0. The molecule has 0 spiro atoms. The molecule has 3 aromatic carbocycles. The van der Waals surface area contributed by atoms with Crippen molar-refractivity contribution in [3.8, 4) is 11.5 Å². The fourth-order valence-corrected chi connectivity index (χ4v) is 3.68. The Balaban J connectivity index is 1.69. The number of hydrogen-bond donors (Lipinski definition) is 0. The van der Waals surface area contributed by atoms with Crippen molar-refractivity contribution in [2.24, 2.45) is 0 Å². The summed E-state index contributed by atoms with van der Waals surface area (Å²) in [6.45, 7) is 2.31. The molecule has 0 saturated carbocycles. The van der Waals surface area contributed by atoms with E-state index in [1.54, 1.807) is 7.11 Å². The van der Waals surface area contributed by atoms with Gasteiger partial charge in [-0.25, -0.2) is 8.78 Å². The molecule has 0 N–H and O–H groups in total. The minimum Gasteiger partial charge on any atom is -0.496 e. The van der Waals surface area contributed by atoms with E-state index >= 15 is 0 Å². The standard InChI is InChI=1S/C26H23F2NO2/c1-18-7-3-5-9-25(18)31-22-11-12-29(17-19-13-20(27)15-21(28)14-19)24(16-22)23-8-4-6-10-26(23)30-2/h3-16,24H,17H2,1-2H3. The highest BCUT2D eigenvalue weighted by Crippen LogP contribution is 2.35. The Bertz CT molecular complexity index is 1120. The molecule has 3 nitrogen and oxygen atoms in total. The van der Waals surface area contributed by atoms with Crippen molar-refractivity contribution in [2.75, 3.05) is 7.11 Å². The van der Waals surface area contributed by atoms with Crippen LogP contribution in [0.2, 0.25) is 0 Å². The molecule has 0 aromatic heterocycles. The predicted octanol–water partition coefficient (Wildman–Crippen LogP) is 6.32.